The number of ether oxygens (including phenoxy) is 1. The highest BCUT2D eigenvalue weighted by atomic mass is 32.2. The van der Waals surface area contributed by atoms with Gasteiger partial charge in [0.15, 0.2) is 6.10 Å². The van der Waals surface area contributed by atoms with Gasteiger partial charge in [0.05, 0.1) is 0 Å². The molecule has 0 bridgehead atoms. The van der Waals surface area contributed by atoms with Crippen molar-refractivity contribution in [2.24, 2.45) is 5.73 Å². The summed E-state index contributed by atoms with van der Waals surface area (Å²) in [6.45, 7) is 1.43. The minimum absolute atomic E-state index is 0.0625. The molecule has 0 saturated carbocycles. The Labute approximate surface area is 138 Å². The van der Waals surface area contributed by atoms with Crippen molar-refractivity contribution in [1.29, 1.82) is 0 Å². The number of carbonyl (C=O) groups excluding carboxylic acids is 3. The van der Waals surface area contributed by atoms with Crippen molar-refractivity contribution in [3.63, 3.8) is 0 Å². The molecule has 23 heavy (non-hydrogen) atoms. The second kappa shape index (κ2) is 5.88. The molecule has 2 N–H and O–H groups in total. The van der Waals surface area contributed by atoms with Gasteiger partial charge in [0.1, 0.15) is 10.9 Å². The summed E-state index contributed by atoms with van der Waals surface area (Å²) in [4.78, 5) is 37.0. The van der Waals surface area contributed by atoms with Gasteiger partial charge in [-0.2, -0.15) is 0 Å². The third kappa shape index (κ3) is 2.59. The maximum absolute atomic E-state index is 12.4. The molecule has 0 radical (unpaired) electrons. The van der Waals surface area contributed by atoms with E-state index in [1.54, 1.807) is 16.7 Å². The monoisotopic (exact) mass is 334 g/mol. The molecule has 0 aromatic heterocycles. The normalized spacial score (nSPS) is 27.6. The number of thioether (sulfide) groups is 1. The molecule has 122 valence electrons. The molecule has 3 atom stereocenters. The van der Waals surface area contributed by atoms with Gasteiger partial charge in [0, 0.05) is 12.2 Å². The van der Waals surface area contributed by atoms with Crippen molar-refractivity contribution in [1.82, 2.24) is 4.90 Å². The van der Waals surface area contributed by atoms with E-state index >= 15 is 0 Å². The summed E-state index contributed by atoms with van der Waals surface area (Å²) in [5, 5.41) is 0. The molecule has 2 heterocycles. The molecular weight excluding hydrogens is 316 g/mol. The van der Waals surface area contributed by atoms with E-state index in [9.17, 15) is 14.4 Å². The fourth-order valence-electron chi connectivity index (χ4n) is 3.13. The fraction of sp³-hybridized carbons (Fsp3) is 0.438. The number of carbonyl (C=O) groups is 3. The van der Waals surface area contributed by atoms with Crippen LogP contribution in [0.25, 0.3) is 0 Å². The molecule has 1 aromatic rings. The van der Waals surface area contributed by atoms with E-state index in [-0.39, 0.29) is 5.91 Å². The van der Waals surface area contributed by atoms with Crippen LogP contribution in [0.2, 0.25) is 0 Å². The lowest BCUT2D eigenvalue weighted by Gasteiger charge is -2.33. The molecule has 2 amide bonds. The van der Waals surface area contributed by atoms with E-state index < -0.39 is 28.9 Å². The van der Waals surface area contributed by atoms with Crippen molar-refractivity contribution in [3.05, 3.63) is 35.9 Å². The van der Waals surface area contributed by atoms with Crippen LogP contribution in [0.15, 0.2) is 30.3 Å². The molecule has 2 aliphatic rings. The minimum Gasteiger partial charge on any atom is -0.451 e. The third-order valence-corrected chi connectivity index (χ3v) is 5.91. The van der Waals surface area contributed by atoms with E-state index in [1.165, 1.54) is 6.92 Å². The summed E-state index contributed by atoms with van der Waals surface area (Å²) in [7, 11) is 0. The van der Waals surface area contributed by atoms with Gasteiger partial charge in [-0.05, 0) is 18.9 Å². The van der Waals surface area contributed by atoms with Crippen LogP contribution in [0.4, 0.5) is 0 Å². The van der Waals surface area contributed by atoms with Gasteiger partial charge < -0.3 is 15.4 Å². The number of rotatable bonds is 4. The van der Waals surface area contributed by atoms with E-state index in [2.05, 4.69) is 0 Å². The number of esters is 1. The van der Waals surface area contributed by atoms with E-state index in [0.717, 1.165) is 5.56 Å². The number of amides is 2. The van der Waals surface area contributed by atoms with Crippen LogP contribution in [0.1, 0.15) is 25.3 Å². The number of nitrogens with zero attached hydrogens (tertiary/aromatic N) is 1. The number of primary amides is 1. The summed E-state index contributed by atoms with van der Waals surface area (Å²) >= 11 is 1.58. The highest BCUT2D eigenvalue weighted by Gasteiger charge is 2.57. The predicted molar refractivity (Wildman–Crippen MR) is 85.2 cm³/mol. The Balaban J connectivity index is 1.87. The third-order valence-electron chi connectivity index (χ3n) is 4.32. The summed E-state index contributed by atoms with van der Waals surface area (Å²) in [5.41, 5.74) is 6.14. The molecule has 7 heteroatoms. The van der Waals surface area contributed by atoms with Crippen LogP contribution >= 0.6 is 11.8 Å². The zero-order chi connectivity index (χ0) is 16.6. The maximum Gasteiger partial charge on any atom is 0.330 e. The first-order valence-electron chi connectivity index (χ1n) is 7.47. The zero-order valence-corrected chi connectivity index (χ0v) is 13.5. The van der Waals surface area contributed by atoms with Crippen LogP contribution in [0, 0.1) is 0 Å². The predicted octanol–water partition coefficient (Wildman–Crippen LogP) is 0.994. The van der Waals surface area contributed by atoms with Crippen molar-refractivity contribution < 1.29 is 19.1 Å². The van der Waals surface area contributed by atoms with Crippen LogP contribution in [-0.2, 0) is 24.0 Å². The molecule has 2 fully saturated rings. The second-order valence-corrected chi connectivity index (χ2v) is 7.02. The number of hydrogen-bond donors (Lipinski definition) is 1. The van der Waals surface area contributed by atoms with Gasteiger partial charge in [-0.1, -0.05) is 30.3 Å². The minimum atomic E-state index is -1.00. The number of hydrogen-bond acceptors (Lipinski definition) is 5. The van der Waals surface area contributed by atoms with Crippen molar-refractivity contribution in [2.75, 3.05) is 5.75 Å². The summed E-state index contributed by atoms with van der Waals surface area (Å²) < 4.78 is 5.11. The van der Waals surface area contributed by atoms with Crippen LogP contribution in [0.5, 0.6) is 0 Å². The lowest BCUT2D eigenvalue weighted by atomic mass is 10.0. The van der Waals surface area contributed by atoms with E-state index in [1.807, 2.05) is 30.3 Å². The van der Waals surface area contributed by atoms with Gasteiger partial charge >= 0.3 is 5.97 Å². The van der Waals surface area contributed by atoms with Gasteiger partial charge in [-0.3, -0.25) is 9.59 Å². The van der Waals surface area contributed by atoms with E-state index in [0.29, 0.717) is 18.6 Å². The summed E-state index contributed by atoms with van der Waals surface area (Å²) in [6, 6.07) is 9.02. The first kappa shape index (κ1) is 15.9. The summed E-state index contributed by atoms with van der Waals surface area (Å²) in [6.07, 6.45) is 0.0594. The Morgan fingerprint density at radius 1 is 1.39 bits per heavy atom. The average Bonchev–Trinajstić information content (AvgIpc) is 3.08. The quantitative estimate of drug-likeness (QED) is 0.830. The number of benzene rings is 1. The first-order valence-corrected chi connectivity index (χ1v) is 8.46. The molecule has 6 nitrogen and oxygen atoms in total. The van der Waals surface area contributed by atoms with E-state index in [4.69, 9.17) is 10.5 Å². The molecule has 0 unspecified atom stereocenters. The molecule has 0 spiro atoms. The lowest BCUT2D eigenvalue weighted by molar-refractivity contribution is -0.161. The standard InChI is InChI=1S/C16H18N2O4S/c1-10(14(17)20)22-15(21)12-9-23-16(8-7-13(19)18(12)16)11-5-3-2-4-6-11/h2-6,10,12H,7-9H2,1H3,(H2,17,20)/t10-,12-,16-/m1/s1. The van der Waals surface area contributed by atoms with Gasteiger partial charge in [0.2, 0.25) is 5.91 Å². The topological polar surface area (TPSA) is 89.7 Å². The summed E-state index contributed by atoms with van der Waals surface area (Å²) in [5.74, 6) is -0.888. The Morgan fingerprint density at radius 3 is 2.74 bits per heavy atom. The molecule has 3 rings (SSSR count). The Bertz CT molecular complexity index is 651. The zero-order valence-electron chi connectivity index (χ0n) is 12.7. The Kier molecular flexibility index (Phi) is 4.06. The molecule has 2 saturated heterocycles. The highest BCUT2D eigenvalue weighted by Crippen LogP contribution is 2.54. The first-order chi connectivity index (χ1) is 11.0. The molecule has 2 aliphatic heterocycles. The van der Waals surface area contributed by atoms with Gasteiger partial charge in [-0.15, -0.1) is 11.8 Å². The molecular formula is C16H18N2O4S. The Morgan fingerprint density at radius 2 is 2.09 bits per heavy atom. The van der Waals surface area contributed by atoms with Crippen molar-refractivity contribution >= 4 is 29.5 Å². The SMILES string of the molecule is C[C@@H](OC(=O)[C@H]1CS[C@@]2(c3ccccc3)CCC(=O)N12)C(N)=O. The maximum atomic E-state index is 12.4. The van der Waals surface area contributed by atoms with Crippen LogP contribution in [-0.4, -0.2) is 40.6 Å². The number of fused-ring (bicyclic) bond motifs is 1. The van der Waals surface area contributed by atoms with Gasteiger partial charge in [-0.25, -0.2) is 4.79 Å². The highest BCUT2D eigenvalue weighted by molar-refractivity contribution is 8.00. The molecule has 1 aromatic carbocycles. The number of nitrogens with two attached hydrogens (primary N) is 1. The largest absolute Gasteiger partial charge is 0.451 e. The van der Waals surface area contributed by atoms with Gasteiger partial charge in [0.25, 0.3) is 5.91 Å². The average molecular weight is 334 g/mol. The smallest absolute Gasteiger partial charge is 0.330 e. The fourth-order valence-corrected chi connectivity index (χ4v) is 4.76. The second-order valence-electron chi connectivity index (χ2n) is 5.72. The Hall–Kier alpha value is -2.02. The molecule has 0 aliphatic carbocycles. The van der Waals surface area contributed by atoms with Crippen LogP contribution < -0.4 is 5.73 Å². The van der Waals surface area contributed by atoms with Crippen LogP contribution in [0.3, 0.4) is 0 Å². The van der Waals surface area contributed by atoms with Crippen molar-refractivity contribution in [3.8, 4) is 0 Å². The lowest BCUT2D eigenvalue weighted by Crippen LogP contribution is -2.48. The van der Waals surface area contributed by atoms with Crippen molar-refractivity contribution in [2.45, 2.75) is 36.8 Å².